The number of pyridine rings is 1. The molecule has 1 aromatic carbocycles. The number of anilines is 1. The molecule has 3 heterocycles. The molecule has 0 aliphatic heterocycles. The second kappa shape index (κ2) is 6.63. The third-order valence-corrected chi connectivity index (χ3v) is 5.36. The summed E-state index contributed by atoms with van der Waals surface area (Å²) < 4.78 is 1.87. The van der Waals surface area contributed by atoms with Crippen LogP contribution in [0.5, 0.6) is 0 Å². The molecule has 0 bridgehead atoms. The van der Waals surface area contributed by atoms with Crippen molar-refractivity contribution in [2.75, 3.05) is 5.32 Å². The van der Waals surface area contributed by atoms with Crippen LogP contribution in [0.25, 0.3) is 27.5 Å². The van der Waals surface area contributed by atoms with E-state index in [0.29, 0.717) is 12.0 Å². The van der Waals surface area contributed by atoms with Crippen LogP contribution >= 0.6 is 0 Å². The summed E-state index contributed by atoms with van der Waals surface area (Å²) in [5.41, 5.74) is 4.20. The van der Waals surface area contributed by atoms with E-state index in [0.717, 1.165) is 53.2 Å². The molecule has 2 N–H and O–H groups in total. The molecular formula is C21H21N5O. The Balaban J connectivity index is 1.44. The summed E-state index contributed by atoms with van der Waals surface area (Å²) in [6.07, 6.45) is 9.07. The first-order valence-electron chi connectivity index (χ1n) is 9.40. The average molecular weight is 359 g/mol. The van der Waals surface area contributed by atoms with Gasteiger partial charge in [0.25, 0.3) is 0 Å². The number of aliphatic hydroxyl groups excluding tert-OH is 1. The van der Waals surface area contributed by atoms with E-state index in [-0.39, 0.29) is 6.10 Å². The van der Waals surface area contributed by atoms with Crippen molar-refractivity contribution in [2.24, 2.45) is 0 Å². The lowest BCUT2D eigenvalue weighted by Crippen LogP contribution is -2.29. The van der Waals surface area contributed by atoms with Crippen molar-refractivity contribution in [3.8, 4) is 11.1 Å². The molecule has 1 aliphatic rings. The van der Waals surface area contributed by atoms with Gasteiger partial charge in [-0.15, -0.1) is 5.10 Å². The lowest BCUT2D eigenvalue weighted by molar-refractivity contribution is 0.126. The zero-order valence-electron chi connectivity index (χ0n) is 14.9. The van der Waals surface area contributed by atoms with E-state index in [4.69, 9.17) is 0 Å². The number of nitrogens with zero attached hydrogens (tertiary/aromatic N) is 4. The summed E-state index contributed by atoms with van der Waals surface area (Å²) >= 11 is 0. The Labute approximate surface area is 156 Å². The van der Waals surface area contributed by atoms with Crippen molar-refractivity contribution >= 4 is 22.4 Å². The van der Waals surface area contributed by atoms with Crippen molar-refractivity contribution in [3.05, 3.63) is 55.0 Å². The van der Waals surface area contributed by atoms with Crippen LogP contribution in [0.3, 0.4) is 0 Å². The Kier molecular flexibility index (Phi) is 3.98. The van der Waals surface area contributed by atoms with Crippen LogP contribution in [0.1, 0.15) is 25.7 Å². The molecular weight excluding hydrogens is 338 g/mol. The molecule has 27 heavy (non-hydrogen) atoms. The maximum atomic E-state index is 9.64. The summed E-state index contributed by atoms with van der Waals surface area (Å²) in [6.45, 7) is 0. The molecule has 1 fully saturated rings. The maximum Gasteiger partial charge on any atom is 0.241 e. The van der Waals surface area contributed by atoms with Crippen molar-refractivity contribution < 1.29 is 5.11 Å². The minimum Gasteiger partial charge on any atom is -0.393 e. The standard InChI is InChI=1S/C21H21N5O/c27-17-6-4-16(5-7-17)24-21-23-13-20-18(9-11-26(20)25-21)14-3-8-19-15(12-14)2-1-10-22-19/h1-3,8-13,16-17,27H,4-7H2,(H,24,25)/t16-,17+. The van der Waals surface area contributed by atoms with Gasteiger partial charge in [0.15, 0.2) is 0 Å². The Morgan fingerprint density at radius 1 is 1.04 bits per heavy atom. The topological polar surface area (TPSA) is 75.3 Å². The molecule has 0 spiro atoms. The molecule has 0 amide bonds. The second-order valence-corrected chi connectivity index (χ2v) is 7.20. The van der Waals surface area contributed by atoms with Gasteiger partial charge in [0.2, 0.25) is 5.95 Å². The molecule has 1 aliphatic carbocycles. The van der Waals surface area contributed by atoms with Crippen molar-refractivity contribution in [1.82, 2.24) is 19.6 Å². The van der Waals surface area contributed by atoms with Gasteiger partial charge < -0.3 is 10.4 Å². The fourth-order valence-corrected chi connectivity index (χ4v) is 3.86. The Bertz CT molecular complexity index is 1100. The predicted molar refractivity (Wildman–Crippen MR) is 106 cm³/mol. The molecule has 136 valence electrons. The van der Waals surface area contributed by atoms with E-state index >= 15 is 0 Å². The van der Waals surface area contributed by atoms with Gasteiger partial charge in [-0.05, 0) is 55.5 Å². The van der Waals surface area contributed by atoms with Crippen molar-refractivity contribution in [2.45, 2.75) is 37.8 Å². The zero-order valence-corrected chi connectivity index (χ0v) is 14.9. The monoisotopic (exact) mass is 359 g/mol. The number of aromatic nitrogens is 4. The van der Waals surface area contributed by atoms with E-state index in [9.17, 15) is 5.11 Å². The molecule has 0 saturated heterocycles. The van der Waals surface area contributed by atoms with E-state index in [1.54, 1.807) is 0 Å². The van der Waals surface area contributed by atoms with E-state index in [2.05, 4.69) is 44.6 Å². The quantitative estimate of drug-likeness (QED) is 0.584. The van der Waals surface area contributed by atoms with Crippen LogP contribution < -0.4 is 5.32 Å². The summed E-state index contributed by atoms with van der Waals surface area (Å²) in [5.74, 6) is 0.633. The number of hydrogen-bond donors (Lipinski definition) is 2. The van der Waals surface area contributed by atoms with Crippen LogP contribution in [-0.2, 0) is 0 Å². The van der Waals surface area contributed by atoms with E-state index < -0.39 is 0 Å². The van der Waals surface area contributed by atoms with Gasteiger partial charge in [-0.3, -0.25) is 4.98 Å². The highest BCUT2D eigenvalue weighted by Crippen LogP contribution is 2.28. The number of hydrogen-bond acceptors (Lipinski definition) is 5. The van der Waals surface area contributed by atoms with E-state index in [1.165, 1.54) is 0 Å². The minimum absolute atomic E-state index is 0.157. The second-order valence-electron chi connectivity index (χ2n) is 7.20. The summed E-state index contributed by atoms with van der Waals surface area (Å²) in [6, 6.07) is 12.7. The SMILES string of the molecule is O[C@H]1CC[C@@H](Nc2ncc3c(-c4ccc5ncccc5c4)ccn3n2)CC1. The van der Waals surface area contributed by atoms with Crippen LogP contribution in [-0.4, -0.2) is 36.8 Å². The van der Waals surface area contributed by atoms with Crippen LogP contribution in [0, 0.1) is 0 Å². The molecule has 6 heteroatoms. The van der Waals surface area contributed by atoms with Crippen molar-refractivity contribution in [3.63, 3.8) is 0 Å². The van der Waals surface area contributed by atoms with Gasteiger partial charge in [-0.1, -0.05) is 12.1 Å². The van der Waals surface area contributed by atoms with Gasteiger partial charge in [-0.2, -0.15) is 0 Å². The summed E-state index contributed by atoms with van der Waals surface area (Å²) in [5, 5.41) is 18.8. The number of nitrogens with one attached hydrogen (secondary N) is 1. The fraction of sp³-hybridized carbons (Fsp3) is 0.286. The highest BCUT2D eigenvalue weighted by molar-refractivity contribution is 5.88. The summed E-state index contributed by atoms with van der Waals surface area (Å²) in [4.78, 5) is 8.91. The predicted octanol–water partition coefficient (Wildman–Crippen LogP) is 3.66. The molecule has 0 atom stereocenters. The number of benzene rings is 1. The van der Waals surface area contributed by atoms with Crippen LogP contribution in [0.15, 0.2) is 55.0 Å². The van der Waals surface area contributed by atoms with Gasteiger partial charge in [0, 0.05) is 29.4 Å². The molecule has 6 nitrogen and oxygen atoms in total. The first kappa shape index (κ1) is 16.2. The molecule has 4 aromatic rings. The molecule has 0 radical (unpaired) electrons. The third-order valence-electron chi connectivity index (χ3n) is 5.36. The first-order chi connectivity index (χ1) is 13.3. The number of aliphatic hydroxyl groups is 1. The van der Waals surface area contributed by atoms with Gasteiger partial charge in [-0.25, -0.2) is 9.50 Å². The molecule has 0 unspecified atom stereocenters. The van der Waals surface area contributed by atoms with Gasteiger partial charge >= 0.3 is 0 Å². The molecule has 3 aromatic heterocycles. The largest absolute Gasteiger partial charge is 0.393 e. The lowest BCUT2D eigenvalue weighted by Gasteiger charge is -2.26. The normalized spacial score (nSPS) is 20.2. The van der Waals surface area contributed by atoms with E-state index in [1.807, 2.05) is 35.2 Å². The number of rotatable bonds is 3. The molecule has 1 saturated carbocycles. The minimum atomic E-state index is -0.157. The highest BCUT2D eigenvalue weighted by Gasteiger charge is 2.20. The Morgan fingerprint density at radius 2 is 1.93 bits per heavy atom. The van der Waals surface area contributed by atoms with Gasteiger partial charge in [0.05, 0.1) is 23.3 Å². The summed E-state index contributed by atoms with van der Waals surface area (Å²) in [7, 11) is 0. The number of fused-ring (bicyclic) bond motifs is 2. The lowest BCUT2D eigenvalue weighted by atomic mass is 9.93. The average Bonchev–Trinajstić information content (AvgIpc) is 3.12. The zero-order chi connectivity index (χ0) is 18.2. The fourth-order valence-electron chi connectivity index (χ4n) is 3.86. The third kappa shape index (κ3) is 3.13. The highest BCUT2D eigenvalue weighted by atomic mass is 16.3. The van der Waals surface area contributed by atoms with Gasteiger partial charge in [0.1, 0.15) is 0 Å². The van der Waals surface area contributed by atoms with Crippen LogP contribution in [0.2, 0.25) is 0 Å². The Morgan fingerprint density at radius 3 is 2.81 bits per heavy atom. The Hall–Kier alpha value is -2.99. The van der Waals surface area contributed by atoms with Crippen LogP contribution in [0.4, 0.5) is 5.95 Å². The maximum absolute atomic E-state index is 9.64. The first-order valence-corrected chi connectivity index (χ1v) is 9.40. The smallest absolute Gasteiger partial charge is 0.241 e. The van der Waals surface area contributed by atoms with Crippen molar-refractivity contribution in [1.29, 1.82) is 0 Å². The molecule has 5 rings (SSSR count).